The van der Waals surface area contributed by atoms with Gasteiger partial charge < -0.3 is 44.8 Å². The number of nitro benzene ring substituents is 1. The van der Waals surface area contributed by atoms with Crippen molar-refractivity contribution in [3.8, 4) is 11.5 Å². The van der Waals surface area contributed by atoms with Crippen molar-refractivity contribution in [2.45, 2.75) is 37.6 Å². The minimum absolute atomic E-state index is 0.0141. The maximum absolute atomic E-state index is 12.5. The molecule has 2 aromatic heterocycles. The first-order chi connectivity index (χ1) is 21.4. The second-order valence-electron chi connectivity index (χ2n) is 9.26. The van der Waals surface area contributed by atoms with Crippen molar-refractivity contribution in [3.05, 3.63) is 40.5 Å². The predicted molar refractivity (Wildman–Crippen MR) is 149 cm³/mol. The fourth-order valence-electron chi connectivity index (χ4n) is 4.26. The number of anilines is 1. The highest BCUT2D eigenvalue weighted by Crippen LogP contribution is 2.68. The van der Waals surface area contributed by atoms with Crippen molar-refractivity contribution in [1.29, 1.82) is 0 Å². The van der Waals surface area contributed by atoms with Crippen LogP contribution in [0.3, 0.4) is 0 Å². The van der Waals surface area contributed by atoms with Gasteiger partial charge in [-0.2, -0.15) is 8.62 Å². The number of imidazole rings is 1. The third-order valence-electron chi connectivity index (χ3n) is 6.27. The number of rotatable bonds is 14. The van der Waals surface area contributed by atoms with Crippen molar-refractivity contribution in [1.82, 2.24) is 19.5 Å². The summed E-state index contributed by atoms with van der Waals surface area (Å²) in [5.74, 6) is -0.0784. The number of aliphatic hydroxyl groups excluding tert-OH is 2. The summed E-state index contributed by atoms with van der Waals surface area (Å²) < 4.78 is 71.5. The zero-order valence-electron chi connectivity index (χ0n) is 23.7. The number of nitro groups is 1. The standard InChI is InChI=1S/C20H27N6O17P3/c1-9(10-4-12(37-2)13(38-3)5-11(10)26(29)30)41-45(33,34)43-46(35,36)42-44(31,32)39-6-14-16(27)17(28)20(40-14)25-8-24-15-18(21)22-7-23-19(15)25/h4-5,7-9,14,16-17,20,27-28H,6H2,1-3H3,(H,31,32)(H,33,34)(H,35,36)(H2,21,22,23)/t9?,14-,16-,17-,20-/m0/s1. The highest BCUT2D eigenvalue weighted by Gasteiger charge is 2.47. The van der Waals surface area contributed by atoms with E-state index >= 15 is 0 Å². The molecule has 0 amide bonds. The number of hydrogen-bond acceptors (Lipinski definition) is 18. The van der Waals surface area contributed by atoms with Gasteiger partial charge >= 0.3 is 23.5 Å². The minimum atomic E-state index is -5.96. The molecule has 8 atom stereocenters. The molecule has 1 aromatic carbocycles. The van der Waals surface area contributed by atoms with Gasteiger partial charge in [-0.15, -0.1) is 0 Å². The lowest BCUT2D eigenvalue weighted by atomic mass is 10.1. The van der Waals surface area contributed by atoms with E-state index in [2.05, 4.69) is 28.1 Å². The van der Waals surface area contributed by atoms with Crippen LogP contribution >= 0.6 is 23.5 Å². The third kappa shape index (κ3) is 7.86. The summed E-state index contributed by atoms with van der Waals surface area (Å²) in [6, 6.07) is 1.98. The Kier molecular flexibility index (Phi) is 10.5. The fourth-order valence-corrected chi connectivity index (χ4v) is 7.93. The van der Waals surface area contributed by atoms with Crippen LogP contribution in [-0.2, 0) is 36.1 Å². The molecule has 1 aliphatic rings. The van der Waals surface area contributed by atoms with E-state index in [0.717, 1.165) is 25.4 Å². The molecule has 23 nitrogen and oxygen atoms in total. The summed E-state index contributed by atoms with van der Waals surface area (Å²) in [6.07, 6.45) is -5.68. The van der Waals surface area contributed by atoms with Crippen LogP contribution in [-0.4, -0.2) is 88.5 Å². The molecule has 3 heterocycles. The molecule has 0 radical (unpaired) electrons. The second kappa shape index (κ2) is 13.5. The third-order valence-corrected chi connectivity index (χ3v) is 10.6. The van der Waals surface area contributed by atoms with E-state index in [1.54, 1.807) is 0 Å². The SMILES string of the molecule is COc1cc(C(C)OP(=O)(O)OP(=O)(O)OP(=O)(O)OC[C@@H]2O[C@H](n3cnc4c(N)ncnc43)[C@@H](O)[C@H]2O)c([N+](=O)[O-])cc1OC. The first-order valence-electron chi connectivity index (χ1n) is 12.5. The lowest BCUT2D eigenvalue weighted by Gasteiger charge is -2.22. The van der Waals surface area contributed by atoms with Crippen LogP contribution in [0.25, 0.3) is 11.2 Å². The van der Waals surface area contributed by atoms with Gasteiger partial charge in [-0.25, -0.2) is 28.6 Å². The van der Waals surface area contributed by atoms with Crippen LogP contribution < -0.4 is 15.2 Å². The molecule has 254 valence electrons. The molecule has 3 aromatic rings. The molecule has 1 aliphatic heterocycles. The van der Waals surface area contributed by atoms with Crippen molar-refractivity contribution >= 4 is 46.1 Å². The Morgan fingerprint density at radius 1 is 1.02 bits per heavy atom. The van der Waals surface area contributed by atoms with Gasteiger partial charge in [-0.05, 0) is 13.0 Å². The lowest BCUT2D eigenvalue weighted by Crippen LogP contribution is -2.33. The average molecular weight is 716 g/mol. The summed E-state index contributed by atoms with van der Waals surface area (Å²) in [5.41, 5.74) is 5.00. The van der Waals surface area contributed by atoms with E-state index in [-0.39, 0.29) is 34.0 Å². The van der Waals surface area contributed by atoms with Gasteiger partial charge in [0.15, 0.2) is 29.2 Å². The molecule has 26 heteroatoms. The number of nitrogens with two attached hydrogens (primary N) is 1. The van der Waals surface area contributed by atoms with Crippen LogP contribution in [0.1, 0.15) is 24.8 Å². The highest BCUT2D eigenvalue weighted by molar-refractivity contribution is 7.66. The molecule has 0 aliphatic carbocycles. The molecule has 1 saturated heterocycles. The summed E-state index contributed by atoms with van der Waals surface area (Å²) >= 11 is 0. The Morgan fingerprint density at radius 2 is 1.65 bits per heavy atom. The Bertz CT molecular complexity index is 1760. The molecule has 7 N–H and O–H groups in total. The van der Waals surface area contributed by atoms with Crippen molar-refractivity contribution in [2.75, 3.05) is 26.6 Å². The zero-order valence-corrected chi connectivity index (χ0v) is 26.4. The van der Waals surface area contributed by atoms with E-state index in [0.29, 0.717) is 0 Å². The quantitative estimate of drug-likeness (QED) is 0.0772. The van der Waals surface area contributed by atoms with Gasteiger partial charge in [0.25, 0.3) is 5.69 Å². The maximum Gasteiger partial charge on any atom is 0.490 e. The summed E-state index contributed by atoms with van der Waals surface area (Å²) in [5, 5.41) is 32.4. The Labute approximate surface area is 257 Å². The number of aliphatic hydroxyl groups is 2. The van der Waals surface area contributed by atoms with Gasteiger partial charge in [0, 0.05) is 0 Å². The van der Waals surface area contributed by atoms with Gasteiger partial charge in [0.1, 0.15) is 30.2 Å². The van der Waals surface area contributed by atoms with Crippen molar-refractivity contribution in [2.24, 2.45) is 0 Å². The fraction of sp³-hybridized carbons (Fsp3) is 0.450. The number of phosphoric ester groups is 2. The van der Waals surface area contributed by atoms with E-state index in [1.165, 1.54) is 25.1 Å². The van der Waals surface area contributed by atoms with E-state index in [9.17, 15) is 48.7 Å². The number of hydrogen-bond donors (Lipinski definition) is 6. The monoisotopic (exact) mass is 716 g/mol. The Morgan fingerprint density at radius 3 is 2.28 bits per heavy atom. The number of phosphoric acid groups is 3. The number of nitrogens with zero attached hydrogens (tertiary/aromatic N) is 5. The first-order valence-corrected chi connectivity index (χ1v) is 17.0. The molecule has 0 bridgehead atoms. The zero-order chi connectivity index (χ0) is 34.2. The topological polar surface area (TPSA) is 330 Å². The van der Waals surface area contributed by atoms with Crippen LogP contribution in [0.15, 0.2) is 24.8 Å². The van der Waals surface area contributed by atoms with Crippen molar-refractivity contribution < 1.29 is 75.4 Å². The van der Waals surface area contributed by atoms with Gasteiger partial charge in [-0.1, -0.05) is 0 Å². The largest absolute Gasteiger partial charge is 0.493 e. The maximum atomic E-state index is 12.5. The van der Waals surface area contributed by atoms with Crippen LogP contribution in [0, 0.1) is 10.1 Å². The summed E-state index contributed by atoms with van der Waals surface area (Å²) in [6.45, 7) is 0.0202. The van der Waals surface area contributed by atoms with Crippen molar-refractivity contribution in [3.63, 3.8) is 0 Å². The molecule has 1 fully saturated rings. The smallest absolute Gasteiger partial charge is 0.490 e. The molecular weight excluding hydrogens is 689 g/mol. The molecule has 46 heavy (non-hydrogen) atoms. The van der Waals surface area contributed by atoms with Gasteiger partial charge in [-0.3, -0.25) is 23.7 Å². The van der Waals surface area contributed by atoms with Crippen LogP contribution in [0.5, 0.6) is 11.5 Å². The number of methoxy groups -OCH3 is 2. The highest BCUT2D eigenvalue weighted by atomic mass is 31.3. The number of fused-ring (bicyclic) bond motifs is 1. The Balaban J connectivity index is 1.40. The minimum Gasteiger partial charge on any atom is -0.493 e. The number of aromatic nitrogens is 4. The summed E-state index contributed by atoms with van der Waals surface area (Å²) in [4.78, 5) is 52.4. The molecule has 0 spiro atoms. The lowest BCUT2D eigenvalue weighted by molar-refractivity contribution is -0.386. The summed E-state index contributed by atoms with van der Waals surface area (Å²) in [7, 11) is -14.9. The van der Waals surface area contributed by atoms with Crippen LogP contribution in [0.4, 0.5) is 11.5 Å². The number of nitrogen functional groups attached to an aromatic ring is 1. The van der Waals surface area contributed by atoms with E-state index in [1.807, 2.05) is 0 Å². The number of benzene rings is 1. The molecular formula is C20H27N6O17P3. The molecule has 4 rings (SSSR count). The number of ether oxygens (including phenoxy) is 3. The van der Waals surface area contributed by atoms with E-state index in [4.69, 9.17) is 24.5 Å². The molecule has 0 saturated carbocycles. The Hall–Kier alpha value is -3.14. The normalized spacial score (nSPS) is 24.5. The van der Waals surface area contributed by atoms with Crippen LogP contribution in [0.2, 0.25) is 0 Å². The second-order valence-corrected chi connectivity index (χ2v) is 13.9. The average Bonchev–Trinajstić information content (AvgIpc) is 3.50. The van der Waals surface area contributed by atoms with E-state index < -0.39 is 71.3 Å². The first kappa shape index (κ1) is 35.7. The molecule has 4 unspecified atom stereocenters. The predicted octanol–water partition coefficient (Wildman–Crippen LogP) is 1.08. The van der Waals surface area contributed by atoms with Gasteiger partial charge in [0.05, 0.1) is 49.8 Å². The van der Waals surface area contributed by atoms with Gasteiger partial charge in [0.2, 0.25) is 0 Å².